The molecule has 0 aliphatic heterocycles. The number of aryl methyl sites for hydroxylation is 1. The maximum absolute atomic E-state index is 5.84. The summed E-state index contributed by atoms with van der Waals surface area (Å²) in [6.45, 7) is 4.86. The zero-order valence-corrected chi connectivity index (χ0v) is 14.0. The van der Waals surface area contributed by atoms with Gasteiger partial charge in [-0.1, -0.05) is 53.2 Å². The van der Waals surface area contributed by atoms with E-state index < -0.39 is 0 Å². The Balaban J connectivity index is 2.38. The zero-order chi connectivity index (χ0) is 15.2. The number of para-hydroxylation sites is 1. The predicted molar refractivity (Wildman–Crippen MR) is 90.3 cm³/mol. The molecule has 0 fully saturated rings. The van der Waals surface area contributed by atoms with Gasteiger partial charge in [0.05, 0.1) is 12.6 Å². The molecule has 0 heterocycles. The molecule has 2 rings (SSSR count). The number of rotatable bonds is 6. The van der Waals surface area contributed by atoms with Crippen molar-refractivity contribution in [3.05, 3.63) is 63.6 Å². The van der Waals surface area contributed by atoms with Gasteiger partial charge in [0.25, 0.3) is 0 Å². The molecule has 0 saturated carbocycles. The van der Waals surface area contributed by atoms with Crippen LogP contribution in [0.4, 0.5) is 0 Å². The van der Waals surface area contributed by atoms with Gasteiger partial charge in [-0.25, -0.2) is 5.43 Å². The maximum Gasteiger partial charge on any atom is 0.124 e. The van der Waals surface area contributed by atoms with E-state index in [0.29, 0.717) is 6.61 Å². The van der Waals surface area contributed by atoms with Gasteiger partial charge in [-0.3, -0.25) is 5.84 Å². The Hall–Kier alpha value is -1.36. The molecule has 112 valence electrons. The first kappa shape index (κ1) is 16.0. The number of ether oxygens (including phenoxy) is 1. The van der Waals surface area contributed by atoms with E-state index in [2.05, 4.69) is 53.4 Å². The third kappa shape index (κ3) is 3.84. The van der Waals surface area contributed by atoms with Crippen LogP contribution in [0, 0.1) is 6.92 Å². The summed E-state index contributed by atoms with van der Waals surface area (Å²) in [4.78, 5) is 0. The Labute approximate surface area is 134 Å². The number of hydrazine groups is 1. The Bertz CT molecular complexity index is 601. The molecule has 1 unspecified atom stereocenters. The van der Waals surface area contributed by atoms with Crippen molar-refractivity contribution >= 4 is 15.9 Å². The maximum atomic E-state index is 5.84. The quantitative estimate of drug-likeness (QED) is 0.610. The van der Waals surface area contributed by atoms with Gasteiger partial charge >= 0.3 is 0 Å². The first-order valence-electron chi connectivity index (χ1n) is 7.11. The number of nitrogens with two attached hydrogens (primary N) is 1. The Morgan fingerprint density at radius 1 is 1.24 bits per heavy atom. The number of hydrogen-bond acceptors (Lipinski definition) is 3. The average molecular weight is 349 g/mol. The van der Waals surface area contributed by atoms with Gasteiger partial charge in [0.1, 0.15) is 5.75 Å². The minimum absolute atomic E-state index is 0.102. The molecule has 0 saturated heterocycles. The first-order valence-corrected chi connectivity index (χ1v) is 7.90. The number of halogens is 1. The summed E-state index contributed by atoms with van der Waals surface area (Å²) >= 11 is 3.58. The highest BCUT2D eigenvalue weighted by molar-refractivity contribution is 9.10. The van der Waals surface area contributed by atoms with E-state index in [9.17, 15) is 0 Å². The largest absolute Gasteiger partial charge is 0.493 e. The molecule has 21 heavy (non-hydrogen) atoms. The van der Waals surface area contributed by atoms with Crippen LogP contribution < -0.4 is 16.0 Å². The van der Waals surface area contributed by atoms with Crippen LogP contribution in [0.3, 0.4) is 0 Å². The highest BCUT2D eigenvalue weighted by Gasteiger charge is 2.17. The van der Waals surface area contributed by atoms with Crippen LogP contribution in [-0.2, 0) is 0 Å². The van der Waals surface area contributed by atoms with Crippen molar-refractivity contribution in [1.82, 2.24) is 5.43 Å². The molecule has 2 aromatic carbocycles. The van der Waals surface area contributed by atoms with Crippen molar-refractivity contribution < 1.29 is 4.74 Å². The van der Waals surface area contributed by atoms with Crippen LogP contribution in [0.25, 0.3) is 0 Å². The highest BCUT2D eigenvalue weighted by Crippen LogP contribution is 2.31. The summed E-state index contributed by atoms with van der Waals surface area (Å²) in [5.74, 6) is 6.68. The molecule has 0 aliphatic rings. The monoisotopic (exact) mass is 348 g/mol. The van der Waals surface area contributed by atoms with Crippen molar-refractivity contribution in [3.63, 3.8) is 0 Å². The van der Waals surface area contributed by atoms with E-state index in [1.807, 2.05) is 24.3 Å². The van der Waals surface area contributed by atoms with Crippen molar-refractivity contribution in [2.45, 2.75) is 26.3 Å². The average Bonchev–Trinajstić information content (AvgIpc) is 2.50. The van der Waals surface area contributed by atoms with Gasteiger partial charge in [-0.15, -0.1) is 0 Å². The number of benzene rings is 2. The van der Waals surface area contributed by atoms with Crippen LogP contribution in [0.1, 0.15) is 36.1 Å². The molecule has 0 aliphatic carbocycles. The van der Waals surface area contributed by atoms with Crippen molar-refractivity contribution in [3.8, 4) is 5.75 Å². The second kappa shape index (κ2) is 7.59. The van der Waals surface area contributed by atoms with Gasteiger partial charge < -0.3 is 4.74 Å². The minimum Gasteiger partial charge on any atom is -0.493 e. The van der Waals surface area contributed by atoms with Gasteiger partial charge in [0.2, 0.25) is 0 Å². The standard InChI is InChI=1S/C17H21BrN2O/c1-3-10-21-16-7-5-4-6-14(16)17(20-19)13-9-8-12(2)15(18)11-13/h4-9,11,17,20H,3,10,19H2,1-2H3. The van der Waals surface area contributed by atoms with E-state index in [-0.39, 0.29) is 6.04 Å². The van der Waals surface area contributed by atoms with Gasteiger partial charge in [0, 0.05) is 10.0 Å². The normalized spacial score (nSPS) is 12.2. The lowest BCUT2D eigenvalue weighted by Gasteiger charge is -2.21. The Morgan fingerprint density at radius 2 is 2.00 bits per heavy atom. The van der Waals surface area contributed by atoms with Crippen LogP contribution >= 0.6 is 15.9 Å². The lowest BCUT2D eigenvalue weighted by Crippen LogP contribution is -2.29. The van der Waals surface area contributed by atoms with Crippen LogP contribution in [0.15, 0.2) is 46.9 Å². The Kier molecular flexibility index (Phi) is 5.79. The second-order valence-electron chi connectivity index (χ2n) is 4.99. The fourth-order valence-electron chi connectivity index (χ4n) is 2.22. The van der Waals surface area contributed by atoms with Crippen molar-refractivity contribution in [1.29, 1.82) is 0 Å². The summed E-state index contributed by atoms with van der Waals surface area (Å²) in [7, 11) is 0. The third-order valence-electron chi connectivity index (χ3n) is 3.39. The fraction of sp³-hybridized carbons (Fsp3) is 0.294. The summed E-state index contributed by atoms with van der Waals surface area (Å²) in [6, 6.07) is 14.2. The molecule has 0 radical (unpaired) electrons. The van der Waals surface area contributed by atoms with Crippen LogP contribution in [0.2, 0.25) is 0 Å². The second-order valence-corrected chi connectivity index (χ2v) is 5.85. The molecule has 0 spiro atoms. The molecule has 0 bridgehead atoms. The number of hydrogen-bond donors (Lipinski definition) is 2. The summed E-state index contributed by atoms with van der Waals surface area (Å²) in [6.07, 6.45) is 0.977. The van der Waals surface area contributed by atoms with E-state index in [4.69, 9.17) is 10.6 Å². The highest BCUT2D eigenvalue weighted by atomic mass is 79.9. The molecule has 2 aromatic rings. The molecule has 3 N–H and O–H groups in total. The SMILES string of the molecule is CCCOc1ccccc1C(NN)c1ccc(C)c(Br)c1. The van der Waals surface area contributed by atoms with Crippen molar-refractivity contribution in [2.75, 3.05) is 6.61 Å². The van der Waals surface area contributed by atoms with Crippen LogP contribution in [0.5, 0.6) is 5.75 Å². The van der Waals surface area contributed by atoms with E-state index >= 15 is 0 Å². The first-order chi connectivity index (χ1) is 10.2. The molecular formula is C17H21BrN2O. The minimum atomic E-state index is -0.102. The predicted octanol–water partition coefficient (Wildman–Crippen LogP) is 4.10. The summed E-state index contributed by atoms with van der Waals surface area (Å²) in [5, 5.41) is 0. The molecule has 4 heteroatoms. The third-order valence-corrected chi connectivity index (χ3v) is 4.24. The molecule has 0 aromatic heterocycles. The van der Waals surface area contributed by atoms with E-state index in [1.165, 1.54) is 5.56 Å². The lowest BCUT2D eigenvalue weighted by atomic mass is 9.97. The lowest BCUT2D eigenvalue weighted by molar-refractivity contribution is 0.311. The zero-order valence-electron chi connectivity index (χ0n) is 12.4. The fourth-order valence-corrected chi connectivity index (χ4v) is 2.61. The summed E-state index contributed by atoms with van der Waals surface area (Å²) in [5.41, 5.74) is 6.24. The molecule has 0 amide bonds. The molecule has 1 atom stereocenters. The van der Waals surface area contributed by atoms with E-state index in [0.717, 1.165) is 27.8 Å². The van der Waals surface area contributed by atoms with Gasteiger partial charge in [-0.2, -0.15) is 0 Å². The molecular weight excluding hydrogens is 328 g/mol. The van der Waals surface area contributed by atoms with Crippen molar-refractivity contribution in [2.24, 2.45) is 5.84 Å². The summed E-state index contributed by atoms with van der Waals surface area (Å²) < 4.78 is 6.91. The van der Waals surface area contributed by atoms with Crippen LogP contribution in [-0.4, -0.2) is 6.61 Å². The molecule has 3 nitrogen and oxygen atoms in total. The van der Waals surface area contributed by atoms with Gasteiger partial charge in [-0.05, 0) is 36.6 Å². The van der Waals surface area contributed by atoms with Gasteiger partial charge in [0.15, 0.2) is 0 Å². The number of nitrogens with one attached hydrogen (secondary N) is 1. The topological polar surface area (TPSA) is 47.3 Å². The Morgan fingerprint density at radius 3 is 2.67 bits per heavy atom. The van der Waals surface area contributed by atoms with E-state index in [1.54, 1.807) is 0 Å². The smallest absolute Gasteiger partial charge is 0.124 e.